The van der Waals surface area contributed by atoms with Crippen molar-refractivity contribution in [3.05, 3.63) is 24.3 Å². The monoisotopic (exact) mass is 460 g/mol. The van der Waals surface area contributed by atoms with Gasteiger partial charge in [0.15, 0.2) is 0 Å². The van der Waals surface area contributed by atoms with Crippen LogP contribution in [0.5, 0.6) is 0 Å². The van der Waals surface area contributed by atoms with E-state index in [0.29, 0.717) is 13.0 Å². The first-order valence-electron chi connectivity index (χ1n) is 11.9. The molecule has 6 atom stereocenters. The van der Waals surface area contributed by atoms with Gasteiger partial charge in [-0.25, -0.2) is 0 Å². The number of aliphatic hydroxyl groups is 1. The molecular formula is C25H36N2O6. The second-order valence-electron chi connectivity index (χ2n) is 10.9. The second kappa shape index (κ2) is 7.94. The van der Waals surface area contributed by atoms with Crippen molar-refractivity contribution in [1.29, 1.82) is 0 Å². The molecule has 0 aliphatic carbocycles. The van der Waals surface area contributed by atoms with E-state index in [1.54, 1.807) is 11.0 Å². The molecule has 1 N–H and O–H groups in total. The van der Waals surface area contributed by atoms with Gasteiger partial charge >= 0.3 is 5.97 Å². The minimum atomic E-state index is -1.32. The van der Waals surface area contributed by atoms with Crippen molar-refractivity contribution in [2.45, 2.75) is 76.8 Å². The van der Waals surface area contributed by atoms with Gasteiger partial charge in [0, 0.05) is 12.1 Å². The van der Waals surface area contributed by atoms with Gasteiger partial charge in [0.05, 0.1) is 18.6 Å². The molecule has 182 valence electrons. The lowest BCUT2D eigenvalue weighted by molar-refractivity contribution is -0.163. The SMILES string of the molecule is CC[C@]12C=CCOC(=O)[C@H]1[C@H]1C(=O)N([C@@H](CO)C(C)C)C3C(=O)N(C(C)(C)C)CC=C[C@@]31O2. The summed E-state index contributed by atoms with van der Waals surface area (Å²) in [6.45, 7) is 11.8. The van der Waals surface area contributed by atoms with E-state index in [1.165, 1.54) is 4.90 Å². The van der Waals surface area contributed by atoms with E-state index in [0.717, 1.165) is 0 Å². The van der Waals surface area contributed by atoms with Crippen LogP contribution in [0.15, 0.2) is 24.3 Å². The van der Waals surface area contributed by atoms with E-state index in [1.807, 2.05) is 59.8 Å². The number of hydrogen-bond donors (Lipinski definition) is 1. The quantitative estimate of drug-likeness (QED) is 0.507. The van der Waals surface area contributed by atoms with Gasteiger partial charge in [-0.1, -0.05) is 39.0 Å². The maximum atomic E-state index is 14.2. The predicted octanol–water partition coefficient (Wildman–Crippen LogP) is 1.67. The standard InChI is InChI=1S/C25H36N2O6/c1-7-24-10-9-13-32-22(31)18(24)17-20(29)27(16(14-28)15(2)3)19-21(30)26(23(4,5)6)12-8-11-25(17,19)33-24/h8-11,15-19,28H,7,12-14H2,1-6H3/t16-,17-,18+,19?,24-,25-/m0/s1. The molecule has 8 heteroatoms. The van der Waals surface area contributed by atoms with Crippen LogP contribution in [0.2, 0.25) is 0 Å². The summed E-state index contributed by atoms with van der Waals surface area (Å²) in [6, 6.07) is -1.57. The number of esters is 1. The Labute approximate surface area is 195 Å². The summed E-state index contributed by atoms with van der Waals surface area (Å²) in [6.07, 6.45) is 7.75. The fourth-order valence-corrected chi connectivity index (χ4v) is 6.12. The van der Waals surface area contributed by atoms with Crippen LogP contribution in [0.4, 0.5) is 0 Å². The highest BCUT2D eigenvalue weighted by Gasteiger charge is 2.76. The first kappa shape index (κ1) is 24.0. The van der Waals surface area contributed by atoms with Crippen molar-refractivity contribution in [3.63, 3.8) is 0 Å². The number of ether oxygens (including phenoxy) is 2. The van der Waals surface area contributed by atoms with Crippen LogP contribution < -0.4 is 0 Å². The van der Waals surface area contributed by atoms with Gasteiger partial charge < -0.3 is 24.4 Å². The Morgan fingerprint density at radius 1 is 1.12 bits per heavy atom. The fraction of sp³-hybridized carbons (Fsp3) is 0.720. The third-order valence-corrected chi connectivity index (χ3v) is 7.76. The molecule has 4 rings (SSSR count). The zero-order valence-corrected chi connectivity index (χ0v) is 20.4. The van der Waals surface area contributed by atoms with E-state index in [2.05, 4.69) is 0 Å². The van der Waals surface area contributed by atoms with Crippen molar-refractivity contribution in [3.8, 4) is 0 Å². The minimum Gasteiger partial charge on any atom is -0.461 e. The molecular weight excluding hydrogens is 424 g/mol. The lowest BCUT2D eigenvalue weighted by Gasteiger charge is -2.43. The molecule has 0 aromatic carbocycles. The molecule has 1 unspecified atom stereocenters. The highest BCUT2D eigenvalue weighted by Crippen LogP contribution is 2.59. The van der Waals surface area contributed by atoms with Crippen LogP contribution >= 0.6 is 0 Å². The fourth-order valence-electron chi connectivity index (χ4n) is 6.12. The van der Waals surface area contributed by atoms with Gasteiger partial charge in [-0.3, -0.25) is 14.4 Å². The Kier molecular flexibility index (Phi) is 5.77. The smallest absolute Gasteiger partial charge is 0.313 e. The van der Waals surface area contributed by atoms with E-state index in [-0.39, 0.29) is 30.9 Å². The van der Waals surface area contributed by atoms with Crippen molar-refractivity contribution < 1.29 is 29.0 Å². The van der Waals surface area contributed by atoms with Crippen molar-refractivity contribution in [1.82, 2.24) is 9.80 Å². The Morgan fingerprint density at radius 3 is 2.39 bits per heavy atom. The summed E-state index contributed by atoms with van der Waals surface area (Å²) in [5.41, 5.74) is -2.85. The second-order valence-corrected chi connectivity index (χ2v) is 10.9. The summed E-state index contributed by atoms with van der Waals surface area (Å²) >= 11 is 0. The summed E-state index contributed by atoms with van der Waals surface area (Å²) in [5.74, 6) is -2.94. The summed E-state index contributed by atoms with van der Waals surface area (Å²) in [4.78, 5) is 44.7. The molecule has 2 saturated heterocycles. The van der Waals surface area contributed by atoms with E-state index >= 15 is 0 Å². The van der Waals surface area contributed by atoms with Gasteiger partial charge in [-0.2, -0.15) is 0 Å². The maximum Gasteiger partial charge on any atom is 0.313 e. The Hall–Kier alpha value is -2.19. The van der Waals surface area contributed by atoms with Gasteiger partial charge in [0.25, 0.3) is 0 Å². The Morgan fingerprint density at radius 2 is 1.82 bits per heavy atom. The first-order chi connectivity index (χ1) is 15.4. The molecule has 0 radical (unpaired) electrons. The molecule has 0 bridgehead atoms. The van der Waals surface area contributed by atoms with E-state index in [4.69, 9.17) is 9.47 Å². The average Bonchev–Trinajstić information content (AvgIpc) is 3.00. The zero-order valence-electron chi connectivity index (χ0n) is 20.4. The van der Waals surface area contributed by atoms with Gasteiger partial charge in [0.1, 0.15) is 29.8 Å². The van der Waals surface area contributed by atoms with Crippen LogP contribution in [0.3, 0.4) is 0 Å². The molecule has 0 aromatic heterocycles. The number of amides is 2. The van der Waals surface area contributed by atoms with Crippen LogP contribution in [0.1, 0.15) is 48.0 Å². The van der Waals surface area contributed by atoms with Crippen LogP contribution in [-0.4, -0.2) is 81.3 Å². The van der Waals surface area contributed by atoms with Crippen molar-refractivity contribution >= 4 is 17.8 Å². The number of nitrogens with zero attached hydrogens (tertiary/aromatic N) is 2. The molecule has 0 saturated carbocycles. The van der Waals surface area contributed by atoms with Crippen LogP contribution in [-0.2, 0) is 23.9 Å². The number of aliphatic hydroxyl groups excluding tert-OH is 1. The number of rotatable bonds is 4. The van der Waals surface area contributed by atoms with Gasteiger partial charge in [-0.15, -0.1) is 0 Å². The average molecular weight is 461 g/mol. The van der Waals surface area contributed by atoms with Crippen LogP contribution in [0.25, 0.3) is 0 Å². The largest absolute Gasteiger partial charge is 0.461 e. The number of hydrogen-bond acceptors (Lipinski definition) is 6. The molecule has 4 heterocycles. The first-order valence-corrected chi connectivity index (χ1v) is 11.9. The van der Waals surface area contributed by atoms with E-state index in [9.17, 15) is 19.5 Å². The molecule has 2 amide bonds. The zero-order chi connectivity index (χ0) is 24.3. The predicted molar refractivity (Wildman–Crippen MR) is 121 cm³/mol. The van der Waals surface area contributed by atoms with Gasteiger partial charge in [0.2, 0.25) is 11.8 Å². The number of carbonyl (C=O) groups is 3. The summed E-state index contributed by atoms with van der Waals surface area (Å²) in [5, 5.41) is 10.3. The lowest BCUT2D eigenvalue weighted by Crippen LogP contribution is -2.62. The third-order valence-electron chi connectivity index (χ3n) is 7.76. The Balaban J connectivity index is 1.96. The third kappa shape index (κ3) is 3.28. The van der Waals surface area contributed by atoms with E-state index < -0.39 is 46.6 Å². The topological polar surface area (TPSA) is 96.4 Å². The molecule has 4 aliphatic rings. The number of likely N-dealkylation sites (tertiary alicyclic amines) is 1. The van der Waals surface area contributed by atoms with Crippen molar-refractivity contribution in [2.75, 3.05) is 19.8 Å². The molecule has 4 aliphatic heterocycles. The summed E-state index contributed by atoms with van der Waals surface area (Å²) in [7, 11) is 0. The number of cyclic esters (lactones) is 1. The lowest BCUT2D eigenvalue weighted by atomic mass is 9.73. The highest BCUT2D eigenvalue weighted by molar-refractivity contribution is 5.99. The van der Waals surface area contributed by atoms with Gasteiger partial charge in [-0.05, 0) is 39.2 Å². The number of fused-ring (bicyclic) bond motifs is 2. The molecule has 1 spiro atoms. The molecule has 33 heavy (non-hydrogen) atoms. The molecule has 0 aromatic rings. The normalized spacial score (nSPS) is 37.0. The Bertz CT molecular complexity index is 905. The summed E-state index contributed by atoms with van der Waals surface area (Å²) < 4.78 is 12.2. The minimum absolute atomic E-state index is 0.102. The maximum absolute atomic E-state index is 14.2. The molecule has 8 nitrogen and oxygen atoms in total. The van der Waals surface area contributed by atoms with Crippen LogP contribution in [0, 0.1) is 17.8 Å². The highest BCUT2D eigenvalue weighted by atomic mass is 16.6. The number of carbonyl (C=O) groups excluding carboxylic acids is 3. The molecule has 2 fully saturated rings. The van der Waals surface area contributed by atoms with Crippen molar-refractivity contribution in [2.24, 2.45) is 17.8 Å².